The Morgan fingerprint density at radius 1 is 1.21 bits per heavy atom. The first-order valence-corrected chi connectivity index (χ1v) is 9.28. The third-order valence-electron chi connectivity index (χ3n) is 4.29. The molecule has 5 heteroatoms. The first-order chi connectivity index (χ1) is 11.5. The van der Waals surface area contributed by atoms with Crippen LogP contribution in [0.1, 0.15) is 17.2 Å². The zero-order valence-electron chi connectivity index (χ0n) is 14.0. The van der Waals surface area contributed by atoms with Crippen LogP contribution in [0.3, 0.4) is 0 Å². The SMILES string of the molecule is CN(C)CCN1CCOc2ccc(Br)cc2C1c1ccc(Cl)cc1. The number of halogens is 2. The molecule has 1 heterocycles. The average molecular weight is 410 g/mol. The third-order valence-corrected chi connectivity index (χ3v) is 5.03. The Hall–Kier alpha value is -1.07. The molecular formula is C19H22BrClN2O. The lowest BCUT2D eigenvalue weighted by molar-refractivity contribution is 0.185. The maximum absolute atomic E-state index is 6.09. The molecular weight excluding hydrogens is 388 g/mol. The van der Waals surface area contributed by atoms with Gasteiger partial charge in [-0.05, 0) is 50.0 Å². The summed E-state index contributed by atoms with van der Waals surface area (Å²) >= 11 is 9.70. The molecule has 3 nitrogen and oxygen atoms in total. The molecule has 0 aliphatic carbocycles. The van der Waals surface area contributed by atoms with Crippen LogP contribution < -0.4 is 4.74 Å². The maximum atomic E-state index is 6.09. The van der Waals surface area contributed by atoms with Gasteiger partial charge in [0.25, 0.3) is 0 Å². The molecule has 0 radical (unpaired) electrons. The predicted molar refractivity (Wildman–Crippen MR) is 103 cm³/mol. The molecule has 0 amide bonds. The van der Waals surface area contributed by atoms with E-state index in [1.165, 1.54) is 11.1 Å². The van der Waals surface area contributed by atoms with Crippen molar-refractivity contribution in [1.82, 2.24) is 9.80 Å². The van der Waals surface area contributed by atoms with Gasteiger partial charge in [-0.2, -0.15) is 0 Å². The lowest BCUT2D eigenvalue weighted by Gasteiger charge is -2.31. The molecule has 1 unspecified atom stereocenters. The van der Waals surface area contributed by atoms with Crippen LogP contribution in [0.4, 0.5) is 0 Å². The number of likely N-dealkylation sites (N-methyl/N-ethyl adjacent to an activating group) is 1. The Bertz CT molecular complexity index is 690. The van der Waals surface area contributed by atoms with Crippen molar-refractivity contribution in [3.05, 3.63) is 63.1 Å². The number of ether oxygens (including phenoxy) is 1. The molecule has 3 rings (SSSR count). The van der Waals surface area contributed by atoms with Crippen molar-refractivity contribution in [2.75, 3.05) is 40.3 Å². The van der Waals surface area contributed by atoms with Gasteiger partial charge in [0.15, 0.2) is 0 Å². The summed E-state index contributed by atoms with van der Waals surface area (Å²) in [6.45, 7) is 3.59. The molecule has 0 spiro atoms. The molecule has 128 valence electrons. The number of nitrogens with zero attached hydrogens (tertiary/aromatic N) is 2. The minimum atomic E-state index is 0.164. The standard InChI is InChI=1S/C19H22BrClN2O/c1-22(2)9-10-23-11-12-24-18-8-5-15(20)13-17(18)19(23)14-3-6-16(21)7-4-14/h3-8,13,19H,9-12H2,1-2H3. The topological polar surface area (TPSA) is 15.7 Å². The molecule has 2 aromatic rings. The molecule has 0 saturated carbocycles. The highest BCUT2D eigenvalue weighted by molar-refractivity contribution is 9.10. The fourth-order valence-electron chi connectivity index (χ4n) is 3.07. The summed E-state index contributed by atoms with van der Waals surface area (Å²) in [4.78, 5) is 4.70. The van der Waals surface area contributed by atoms with Crippen LogP contribution in [-0.4, -0.2) is 50.1 Å². The fraction of sp³-hybridized carbons (Fsp3) is 0.368. The van der Waals surface area contributed by atoms with Gasteiger partial charge in [-0.1, -0.05) is 39.7 Å². The van der Waals surface area contributed by atoms with Crippen LogP contribution in [0, 0.1) is 0 Å². The number of hydrogen-bond donors (Lipinski definition) is 0. The normalized spacial score (nSPS) is 18.1. The van der Waals surface area contributed by atoms with Crippen molar-refractivity contribution in [2.24, 2.45) is 0 Å². The zero-order valence-corrected chi connectivity index (χ0v) is 16.3. The highest BCUT2D eigenvalue weighted by Crippen LogP contribution is 2.38. The largest absolute Gasteiger partial charge is 0.492 e. The van der Waals surface area contributed by atoms with E-state index >= 15 is 0 Å². The lowest BCUT2D eigenvalue weighted by Crippen LogP contribution is -2.36. The first kappa shape index (κ1) is 17.7. The van der Waals surface area contributed by atoms with Crippen LogP contribution in [-0.2, 0) is 0 Å². The van der Waals surface area contributed by atoms with Crippen molar-refractivity contribution in [2.45, 2.75) is 6.04 Å². The quantitative estimate of drug-likeness (QED) is 0.742. The van der Waals surface area contributed by atoms with E-state index < -0.39 is 0 Å². The Morgan fingerprint density at radius 3 is 2.67 bits per heavy atom. The van der Waals surface area contributed by atoms with Gasteiger partial charge in [-0.25, -0.2) is 0 Å². The monoisotopic (exact) mass is 408 g/mol. The van der Waals surface area contributed by atoms with E-state index in [0.717, 1.165) is 34.9 Å². The Labute approximate surface area is 157 Å². The second-order valence-corrected chi connectivity index (χ2v) is 7.68. The van der Waals surface area contributed by atoms with Gasteiger partial charge in [0.2, 0.25) is 0 Å². The minimum absolute atomic E-state index is 0.164. The minimum Gasteiger partial charge on any atom is -0.492 e. The summed E-state index contributed by atoms with van der Waals surface area (Å²) in [5.74, 6) is 0.963. The van der Waals surface area contributed by atoms with Gasteiger partial charge in [-0.3, -0.25) is 4.90 Å². The summed E-state index contributed by atoms with van der Waals surface area (Å²) in [5, 5.41) is 0.762. The van der Waals surface area contributed by atoms with Gasteiger partial charge in [0.05, 0.1) is 6.04 Å². The van der Waals surface area contributed by atoms with Crippen LogP contribution in [0.5, 0.6) is 5.75 Å². The smallest absolute Gasteiger partial charge is 0.124 e. The van der Waals surface area contributed by atoms with Crippen molar-refractivity contribution >= 4 is 27.5 Å². The molecule has 1 atom stereocenters. The molecule has 2 aromatic carbocycles. The Kier molecular flexibility index (Phi) is 5.82. The summed E-state index contributed by atoms with van der Waals surface area (Å²) in [6, 6.07) is 14.6. The van der Waals surface area contributed by atoms with Crippen LogP contribution in [0.2, 0.25) is 5.02 Å². The number of rotatable bonds is 4. The van der Waals surface area contributed by atoms with E-state index in [9.17, 15) is 0 Å². The third kappa shape index (κ3) is 4.12. The van der Waals surface area contributed by atoms with E-state index in [4.69, 9.17) is 16.3 Å². The highest BCUT2D eigenvalue weighted by atomic mass is 79.9. The van der Waals surface area contributed by atoms with Crippen molar-refractivity contribution in [1.29, 1.82) is 0 Å². The van der Waals surface area contributed by atoms with E-state index in [-0.39, 0.29) is 6.04 Å². The Balaban J connectivity index is 2.03. The number of benzene rings is 2. The first-order valence-electron chi connectivity index (χ1n) is 8.11. The van der Waals surface area contributed by atoms with Gasteiger partial charge >= 0.3 is 0 Å². The van der Waals surface area contributed by atoms with Crippen molar-refractivity contribution in [3.63, 3.8) is 0 Å². The maximum Gasteiger partial charge on any atom is 0.124 e. The number of fused-ring (bicyclic) bond motifs is 1. The molecule has 0 N–H and O–H groups in total. The van der Waals surface area contributed by atoms with E-state index in [1.807, 2.05) is 18.2 Å². The van der Waals surface area contributed by atoms with Crippen molar-refractivity contribution in [3.8, 4) is 5.75 Å². The highest BCUT2D eigenvalue weighted by Gasteiger charge is 2.28. The van der Waals surface area contributed by atoms with Gasteiger partial charge in [0, 0.05) is 34.7 Å². The summed E-state index contributed by atoms with van der Waals surface area (Å²) in [6.07, 6.45) is 0. The average Bonchev–Trinajstić information content (AvgIpc) is 2.72. The summed E-state index contributed by atoms with van der Waals surface area (Å²) < 4.78 is 7.08. The molecule has 0 aromatic heterocycles. The summed E-state index contributed by atoms with van der Waals surface area (Å²) in [5.41, 5.74) is 2.44. The Morgan fingerprint density at radius 2 is 1.96 bits per heavy atom. The van der Waals surface area contributed by atoms with Gasteiger partial charge < -0.3 is 9.64 Å². The summed E-state index contributed by atoms with van der Waals surface area (Å²) in [7, 11) is 4.21. The molecule has 0 fully saturated rings. The van der Waals surface area contributed by atoms with E-state index in [0.29, 0.717) is 6.61 Å². The second-order valence-electron chi connectivity index (χ2n) is 6.32. The van der Waals surface area contributed by atoms with E-state index in [1.54, 1.807) is 0 Å². The van der Waals surface area contributed by atoms with Gasteiger partial charge in [0.1, 0.15) is 12.4 Å². The molecule has 24 heavy (non-hydrogen) atoms. The molecule has 1 aliphatic rings. The predicted octanol–water partition coefficient (Wildman–Crippen LogP) is 4.45. The lowest BCUT2D eigenvalue weighted by atomic mass is 9.96. The van der Waals surface area contributed by atoms with Crippen LogP contribution in [0.25, 0.3) is 0 Å². The van der Waals surface area contributed by atoms with Crippen LogP contribution >= 0.6 is 27.5 Å². The zero-order chi connectivity index (χ0) is 17.1. The van der Waals surface area contributed by atoms with Crippen LogP contribution in [0.15, 0.2) is 46.9 Å². The molecule has 1 aliphatic heterocycles. The number of hydrogen-bond acceptors (Lipinski definition) is 3. The molecule has 0 saturated heterocycles. The van der Waals surface area contributed by atoms with Gasteiger partial charge in [-0.15, -0.1) is 0 Å². The molecule has 0 bridgehead atoms. The second kappa shape index (κ2) is 7.87. The van der Waals surface area contributed by atoms with Crippen molar-refractivity contribution < 1.29 is 4.74 Å². The van der Waals surface area contributed by atoms with E-state index in [2.05, 4.69) is 64.1 Å². The fourth-order valence-corrected chi connectivity index (χ4v) is 3.57.